The summed E-state index contributed by atoms with van der Waals surface area (Å²) in [5, 5.41) is 10.2. The Morgan fingerprint density at radius 3 is 2.40 bits per heavy atom. The van der Waals surface area contributed by atoms with Gasteiger partial charge in [-0.05, 0) is 23.8 Å². The second-order valence-electron chi connectivity index (χ2n) is 4.15. The van der Waals surface area contributed by atoms with E-state index >= 15 is 0 Å². The fourth-order valence-corrected chi connectivity index (χ4v) is 2.03. The number of aliphatic hydroxyl groups is 1. The first kappa shape index (κ1) is 16.3. The molecule has 1 aromatic heterocycles. The van der Waals surface area contributed by atoms with Crippen molar-refractivity contribution in [3.05, 3.63) is 53.9 Å². The second-order valence-corrected chi connectivity index (χ2v) is 4.15. The monoisotopic (exact) mass is 295 g/mol. The largest absolute Gasteiger partial charge is 0.493 e. The smallest absolute Gasteiger partial charge is 0.164 e. The molecule has 0 aliphatic heterocycles. The van der Waals surface area contributed by atoms with Crippen LogP contribution in [-0.2, 0) is 6.42 Å². The highest BCUT2D eigenvalue weighted by atomic mass is 35.5. The van der Waals surface area contributed by atoms with Crippen LogP contribution in [0, 0.1) is 0 Å². The molecule has 0 bridgehead atoms. The highest BCUT2D eigenvalue weighted by Gasteiger charge is 2.14. The normalized spacial score (nSPS) is 11.3. The summed E-state index contributed by atoms with van der Waals surface area (Å²) in [5.41, 5.74) is 1.74. The van der Waals surface area contributed by atoms with Crippen LogP contribution in [0.2, 0.25) is 0 Å². The minimum absolute atomic E-state index is 0. The molecular weight excluding hydrogens is 278 g/mol. The van der Waals surface area contributed by atoms with Gasteiger partial charge < -0.3 is 14.6 Å². The van der Waals surface area contributed by atoms with Crippen molar-refractivity contribution in [3.63, 3.8) is 0 Å². The van der Waals surface area contributed by atoms with Crippen molar-refractivity contribution in [1.82, 2.24) is 4.98 Å². The molecule has 1 unspecified atom stereocenters. The zero-order valence-corrected chi connectivity index (χ0v) is 12.3. The SMILES string of the molecule is COc1cccc(CC(O)c2ccncc2)c1OC.Cl. The predicted octanol–water partition coefficient (Wildman–Crippen LogP) is 2.80. The van der Waals surface area contributed by atoms with Crippen molar-refractivity contribution in [2.75, 3.05) is 14.2 Å². The number of nitrogens with zero attached hydrogens (tertiary/aromatic N) is 1. The van der Waals surface area contributed by atoms with Crippen LogP contribution in [0.3, 0.4) is 0 Å². The van der Waals surface area contributed by atoms with E-state index in [1.807, 2.05) is 18.2 Å². The number of aromatic nitrogens is 1. The van der Waals surface area contributed by atoms with Gasteiger partial charge in [-0.15, -0.1) is 12.4 Å². The van der Waals surface area contributed by atoms with Crippen molar-refractivity contribution in [3.8, 4) is 11.5 Å². The number of rotatable bonds is 5. The third-order valence-electron chi connectivity index (χ3n) is 2.99. The average Bonchev–Trinajstić information content (AvgIpc) is 2.47. The Labute approximate surface area is 124 Å². The molecule has 1 N–H and O–H groups in total. The first-order chi connectivity index (χ1) is 9.26. The lowest BCUT2D eigenvalue weighted by Crippen LogP contribution is -2.04. The van der Waals surface area contributed by atoms with Crippen LogP contribution in [0.15, 0.2) is 42.7 Å². The fraction of sp³-hybridized carbons (Fsp3) is 0.267. The van der Waals surface area contributed by atoms with E-state index in [-0.39, 0.29) is 12.4 Å². The van der Waals surface area contributed by atoms with Gasteiger partial charge in [-0.25, -0.2) is 0 Å². The van der Waals surface area contributed by atoms with Gasteiger partial charge in [0.2, 0.25) is 0 Å². The van der Waals surface area contributed by atoms with E-state index in [4.69, 9.17) is 9.47 Å². The van der Waals surface area contributed by atoms with E-state index in [1.54, 1.807) is 38.7 Å². The predicted molar refractivity (Wildman–Crippen MR) is 79.7 cm³/mol. The minimum atomic E-state index is -0.594. The maximum absolute atomic E-state index is 10.2. The van der Waals surface area contributed by atoms with Gasteiger partial charge in [0.1, 0.15) is 0 Å². The summed E-state index contributed by atoms with van der Waals surface area (Å²) < 4.78 is 10.6. The van der Waals surface area contributed by atoms with Crippen molar-refractivity contribution in [2.45, 2.75) is 12.5 Å². The van der Waals surface area contributed by atoms with Crippen LogP contribution in [0.25, 0.3) is 0 Å². The molecule has 0 aliphatic rings. The quantitative estimate of drug-likeness (QED) is 0.921. The molecule has 0 saturated heterocycles. The highest BCUT2D eigenvalue weighted by Crippen LogP contribution is 2.33. The number of ether oxygens (including phenoxy) is 2. The van der Waals surface area contributed by atoms with E-state index in [1.165, 1.54) is 0 Å². The Balaban J connectivity index is 0.00000200. The Hall–Kier alpha value is -1.78. The summed E-state index contributed by atoms with van der Waals surface area (Å²) in [5.74, 6) is 1.33. The molecule has 0 saturated carbocycles. The number of benzene rings is 1. The van der Waals surface area contributed by atoms with Gasteiger partial charge in [0.25, 0.3) is 0 Å². The lowest BCUT2D eigenvalue weighted by atomic mass is 10.0. The third-order valence-corrected chi connectivity index (χ3v) is 2.99. The molecule has 4 nitrogen and oxygen atoms in total. The number of halogens is 1. The van der Waals surface area contributed by atoms with Gasteiger partial charge >= 0.3 is 0 Å². The third kappa shape index (κ3) is 3.62. The molecule has 2 aromatic rings. The molecule has 2 rings (SSSR count). The van der Waals surface area contributed by atoms with Crippen molar-refractivity contribution in [2.24, 2.45) is 0 Å². The van der Waals surface area contributed by atoms with Gasteiger partial charge in [0.15, 0.2) is 11.5 Å². The zero-order chi connectivity index (χ0) is 13.7. The topological polar surface area (TPSA) is 51.6 Å². The lowest BCUT2D eigenvalue weighted by Gasteiger charge is -2.15. The first-order valence-corrected chi connectivity index (χ1v) is 6.04. The highest BCUT2D eigenvalue weighted by molar-refractivity contribution is 5.85. The zero-order valence-electron chi connectivity index (χ0n) is 11.4. The van der Waals surface area contributed by atoms with E-state index in [0.717, 1.165) is 11.1 Å². The van der Waals surface area contributed by atoms with Crippen LogP contribution in [0.1, 0.15) is 17.2 Å². The van der Waals surface area contributed by atoms with E-state index < -0.39 is 6.10 Å². The van der Waals surface area contributed by atoms with E-state index in [2.05, 4.69) is 4.98 Å². The standard InChI is InChI=1S/C15H17NO3.ClH/c1-18-14-5-3-4-12(15(14)19-2)10-13(17)11-6-8-16-9-7-11;/h3-9,13,17H,10H2,1-2H3;1H. The average molecular weight is 296 g/mol. The Kier molecular flexibility index (Phi) is 6.28. The second kappa shape index (κ2) is 7.72. The van der Waals surface area contributed by atoms with Crippen LogP contribution in [0.5, 0.6) is 11.5 Å². The maximum atomic E-state index is 10.2. The van der Waals surface area contributed by atoms with Gasteiger partial charge in [0.05, 0.1) is 20.3 Å². The number of pyridine rings is 1. The van der Waals surface area contributed by atoms with Crippen molar-refractivity contribution < 1.29 is 14.6 Å². The van der Waals surface area contributed by atoms with Crippen LogP contribution < -0.4 is 9.47 Å². The molecular formula is C15H18ClNO3. The summed E-state index contributed by atoms with van der Waals surface area (Å²) in [4.78, 5) is 3.94. The molecule has 1 atom stereocenters. The van der Waals surface area contributed by atoms with Gasteiger partial charge in [-0.3, -0.25) is 4.98 Å². The van der Waals surface area contributed by atoms with Gasteiger partial charge in [0, 0.05) is 24.4 Å². The molecule has 20 heavy (non-hydrogen) atoms. The fourth-order valence-electron chi connectivity index (χ4n) is 2.03. The molecule has 0 aliphatic carbocycles. The Morgan fingerprint density at radius 1 is 1.10 bits per heavy atom. The van der Waals surface area contributed by atoms with Crippen LogP contribution in [-0.4, -0.2) is 24.3 Å². The Bertz CT molecular complexity index is 534. The number of para-hydroxylation sites is 1. The number of aliphatic hydroxyl groups excluding tert-OH is 1. The van der Waals surface area contributed by atoms with Crippen molar-refractivity contribution in [1.29, 1.82) is 0 Å². The van der Waals surface area contributed by atoms with E-state index in [0.29, 0.717) is 17.9 Å². The first-order valence-electron chi connectivity index (χ1n) is 6.04. The van der Waals surface area contributed by atoms with Crippen LogP contribution >= 0.6 is 12.4 Å². The van der Waals surface area contributed by atoms with Crippen LogP contribution in [0.4, 0.5) is 0 Å². The summed E-state index contributed by atoms with van der Waals surface area (Å²) in [6.45, 7) is 0. The molecule has 5 heteroatoms. The Morgan fingerprint density at radius 2 is 1.80 bits per heavy atom. The molecule has 1 heterocycles. The maximum Gasteiger partial charge on any atom is 0.164 e. The number of hydrogen-bond acceptors (Lipinski definition) is 4. The molecule has 0 spiro atoms. The van der Waals surface area contributed by atoms with E-state index in [9.17, 15) is 5.11 Å². The summed E-state index contributed by atoms with van der Waals surface area (Å²) in [6, 6.07) is 9.25. The number of hydrogen-bond donors (Lipinski definition) is 1. The molecule has 0 radical (unpaired) electrons. The summed E-state index contributed by atoms with van der Waals surface area (Å²) >= 11 is 0. The number of methoxy groups -OCH3 is 2. The molecule has 0 amide bonds. The minimum Gasteiger partial charge on any atom is -0.493 e. The summed E-state index contributed by atoms with van der Waals surface area (Å²) in [7, 11) is 3.20. The summed E-state index contributed by atoms with van der Waals surface area (Å²) in [6.07, 6.45) is 3.21. The molecule has 0 fully saturated rings. The molecule has 108 valence electrons. The molecule has 1 aromatic carbocycles. The van der Waals surface area contributed by atoms with Gasteiger partial charge in [-0.2, -0.15) is 0 Å². The van der Waals surface area contributed by atoms with Gasteiger partial charge in [-0.1, -0.05) is 12.1 Å². The lowest BCUT2D eigenvalue weighted by molar-refractivity contribution is 0.177. The van der Waals surface area contributed by atoms with Crippen molar-refractivity contribution >= 4 is 12.4 Å².